The van der Waals surface area contributed by atoms with Gasteiger partial charge in [-0.25, -0.2) is 9.18 Å². The van der Waals surface area contributed by atoms with E-state index >= 15 is 0 Å². The van der Waals surface area contributed by atoms with Gasteiger partial charge < -0.3 is 14.2 Å². The zero-order chi connectivity index (χ0) is 25.0. The number of amides is 1. The quantitative estimate of drug-likeness (QED) is 0.336. The van der Waals surface area contributed by atoms with Crippen molar-refractivity contribution >= 4 is 12.1 Å². The summed E-state index contributed by atoms with van der Waals surface area (Å²) in [6, 6.07) is 20.9. The summed E-state index contributed by atoms with van der Waals surface area (Å²) in [5.74, 6) is -0.0940. The lowest BCUT2D eigenvalue weighted by molar-refractivity contribution is -0.144. The van der Waals surface area contributed by atoms with Gasteiger partial charge in [0.1, 0.15) is 23.9 Å². The molecule has 1 amide bonds. The largest absolute Gasteiger partial charge is 0.493 e. The summed E-state index contributed by atoms with van der Waals surface area (Å²) in [5, 5.41) is 0. The molecule has 0 fully saturated rings. The van der Waals surface area contributed by atoms with E-state index in [4.69, 9.17) is 14.2 Å². The van der Waals surface area contributed by atoms with Crippen LogP contribution in [0.5, 0.6) is 11.5 Å². The Balaban J connectivity index is 1.57. The fourth-order valence-corrected chi connectivity index (χ4v) is 3.36. The van der Waals surface area contributed by atoms with Crippen LogP contribution in [0.1, 0.15) is 30.5 Å². The highest BCUT2D eigenvalue weighted by Crippen LogP contribution is 2.17. The molecule has 0 bridgehead atoms. The van der Waals surface area contributed by atoms with Crippen LogP contribution >= 0.6 is 0 Å². The predicted octanol–water partition coefficient (Wildman–Crippen LogP) is 5.57. The summed E-state index contributed by atoms with van der Waals surface area (Å²) in [6.45, 7) is 4.43. The first kappa shape index (κ1) is 25.7. The van der Waals surface area contributed by atoms with Crippen molar-refractivity contribution in [3.05, 3.63) is 95.3 Å². The van der Waals surface area contributed by atoms with Crippen molar-refractivity contribution in [2.45, 2.75) is 33.2 Å². The molecule has 0 aliphatic carbocycles. The number of halogens is 1. The molecule has 0 radical (unpaired) electrons. The molecule has 184 valence electrons. The molecule has 7 heteroatoms. The molecule has 3 aromatic rings. The first-order valence-electron chi connectivity index (χ1n) is 11.6. The molecule has 3 aromatic carbocycles. The van der Waals surface area contributed by atoms with Crippen LogP contribution in [0.2, 0.25) is 0 Å². The average molecular weight is 480 g/mol. The van der Waals surface area contributed by atoms with Crippen LogP contribution in [-0.2, 0) is 28.9 Å². The summed E-state index contributed by atoms with van der Waals surface area (Å²) < 4.78 is 29.3. The molecule has 0 spiro atoms. The molecular weight excluding hydrogens is 449 g/mol. The molecule has 0 N–H and O–H groups in total. The van der Waals surface area contributed by atoms with Gasteiger partial charge in [0.05, 0.1) is 13.2 Å². The van der Waals surface area contributed by atoms with Crippen molar-refractivity contribution in [1.29, 1.82) is 0 Å². The average Bonchev–Trinajstić information content (AvgIpc) is 2.86. The maximum absolute atomic E-state index is 13.1. The highest BCUT2D eigenvalue weighted by Gasteiger charge is 2.20. The zero-order valence-corrected chi connectivity index (χ0v) is 20.0. The fourth-order valence-electron chi connectivity index (χ4n) is 3.36. The lowest BCUT2D eigenvalue weighted by atomic mass is 10.1. The van der Waals surface area contributed by atoms with Crippen LogP contribution in [0, 0.1) is 5.82 Å². The van der Waals surface area contributed by atoms with Crippen LogP contribution in [0.25, 0.3) is 0 Å². The van der Waals surface area contributed by atoms with Crippen molar-refractivity contribution < 1.29 is 28.2 Å². The van der Waals surface area contributed by atoms with E-state index in [1.807, 2.05) is 24.3 Å². The Labute approximate surface area is 205 Å². The van der Waals surface area contributed by atoms with Gasteiger partial charge in [0, 0.05) is 13.0 Å². The third-order valence-corrected chi connectivity index (χ3v) is 5.29. The molecule has 0 heterocycles. The number of carbonyl (C=O) groups is 2. The second-order valence-corrected chi connectivity index (χ2v) is 7.90. The number of rotatable bonds is 11. The third-order valence-electron chi connectivity index (χ3n) is 5.29. The van der Waals surface area contributed by atoms with E-state index < -0.39 is 17.9 Å². The number of benzene rings is 3. The first-order chi connectivity index (χ1) is 17.0. The summed E-state index contributed by atoms with van der Waals surface area (Å²) in [7, 11) is 0. The molecule has 0 saturated heterocycles. The van der Waals surface area contributed by atoms with Crippen LogP contribution in [0.4, 0.5) is 9.18 Å². The Morgan fingerprint density at radius 3 is 2.03 bits per heavy atom. The van der Waals surface area contributed by atoms with E-state index in [1.165, 1.54) is 40.3 Å². The van der Waals surface area contributed by atoms with E-state index in [0.29, 0.717) is 12.4 Å². The number of hydrogen-bond acceptors (Lipinski definition) is 5. The van der Waals surface area contributed by atoms with Gasteiger partial charge in [0.25, 0.3) is 0 Å². The first-order valence-corrected chi connectivity index (χ1v) is 11.6. The van der Waals surface area contributed by atoms with Crippen LogP contribution < -0.4 is 9.47 Å². The predicted molar refractivity (Wildman–Crippen MR) is 131 cm³/mol. The minimum Gasteiger partial charge on any atom is -0.493 e. The van der Waals surface area contributed by atoms with Crippen molar-refractivity contribution in [1.82, 2.24) is 4.90 Å². The van der Waals surface area contributed by atoms with Gasteiger partial charge in [0.2, 0.25) is 0 Å². The van der Waals surface area contributed by atoms with E-state index in [9.17, 15) is 14.0 Å². The Kier molecular flexibility index (Phi) is 9.66. The van der Waals surface area contributed by atoms with Crippen LogP contribution in [0.3, 0.4) is 0 Å². The third kappa shape index (κ3) is 8.45. The van der Waals surface area contributed by atoms with Crippen molar-refractivity contribution in [3.8, 4) is 11.5 Å². The molecule has 35 heavy (non-hydrogen) atoms. The molecule has 6 nitrogen and oxygen atoms in total. The smallest absolute Gasteiger partial charge is 0.416 e. The number of esters is 1. The van der Waals surface area contributed by atoms with Gasteiger partial charge in [-0.05, 0) is 66.4 Å². The number of ether oxygens (including phenoxy) is 3. The Hall–Kier alpha value is -3.87. The highest BCUT2D eigenvalue weighted by molar-refractivity contribution is 5.79. The topological polar surface area (TPSA) is 65.1 Å². The van der Waals surface area contributed by atoms with E-state index in [-0.39, 0.29) is 25.4 Å². The molecular formula is C28H30FNO5. The SMILES string of the molecule is CCOC(=O)CN(Cc1ccc(OCCc2ccc(CC)cc2)cc1)C(=O)Oc1ccc(F)cc1. The molecule has 0 saturated carbocycles. The monoisotopic (exact) mass is 479 g/mol. The minimum absolute atomic E-state index is 0.128. The summed E-state index contributed by atoms with van der Waals surface area (Å²) in [5.41, 5.74) is 3.31. The molecule has 0 aliphatic rings. The highest BCUT2D eigenvalue weighted by atomic mass is 19.1. The standard InChI is InChI=1S/C28H30FNO5/c1-3-21-5-7-22(8-6-21)17-18-34-25-13-9-23(10-14-25)19-30(20-27(31)33-4-2)28(32)35-26-15-11-24(29)12-16-26/h5-16H,3-4,17-20H2,1-2H3. The number of aryl methyl sites for hydroxylation is 1. The number of carbonyl (C=O) groups excluding carboxylic acids is 2. The molecule has 0 aromatic heterocycles. The lowest BCUT2D eigenvalue weighted by Crippen LogP contribution is -2.38. The maximum atomic E-state index is 13.1. The van der Waals surface area contributed by atoms with Gasteiger partial charge in [-0.1, -0.05) is 43.3 Å². The molecule has 0 aliphatic heterocycles. The number of hydrogen-bond donors (Lipinski definition) is 0. The van der Waals surface area contributed by atoms with Gasteiger partial charge >= 0.3 is 12.1 Å². The Morgan fingerprint density at radius 1 is 0.800 bits per heavy atom. The van der Waals surface area contributed by atoms with E-state index in [1.54, 1.807) is 6.92 Å². The van der Waals surface area contributed by atoms with Gasteiger partial charge in [-0.2, -0.15) is 0 Å². The fraction of sp³-hybridized carbons (Fsp3) is 0.286. The molecule has 3 rings (SSSR count). The van der Waals surface area contributed by atoms with E-state index in [2.05, 4.69) is 31.2 Å². The van der Waals surface area contributed by atoms with Crippen molar-refractivity contribution in [3.63, 3.8) is 0 Å². The second kappa shape index (κ2) is 13.1. The molecule has 0 unspecified atom stereocenters. The van der Waals surface area contributed by atoms with Crippen LogP contribution in [-0.4, -0.2) is 36.7 Å². The Morgan fingerprint density at radius 2 is 1.40 bits per heavy atom. The maximum Gasteiger partial charge on any atom is 0.416 e. The lowest BCUT2D eigenvalue weighted by Gasteiger charge is -2.21. The molecule has 0 atom stereocenters. The minimum atomic E-state index is -0.737. The zero-order valence-electron chi connectivity index (χ0n) is 20.0. The summed E-state index contributed by atoms with van der Waals surface area (Å²) >= 11 is 0. The van der Waals surface area contributed by atoms with Gasteiger partial charge in [0.15, 0.2) is 0 Å². The van der Waals surface area contributed by atoms with Crippen LogP contribution in [0.15, 0.2) is 72.8 Å². The van der Waals surface area contributed by atoms with Crippen molar-refractivity contribution in [2.75, 3.05) is 19.8 Å². The summed E-state index contributed by atoms with van der Waals surface area (Å²) in [4.78, 5) is 26.0. The normalized spacial score (nSPS) is 10.5. The number of nitrogens with zero attached hydrogens (tertiary/aromatic N) is 1. The second-order valence-electron chi connectivity index (χ2n) is 7.90. The van der Waals surface area contributed by atoms with E-state index in [0.717, 1.165) is 18.4 Å². The van der Waals surface area contributed by atoms with Crippen molar-refractivity contribution in [2.24, 2.45) is 0 Å². The van der Waals surface area contributed by atoms with Gasteiger partial charge in [-0.15, -0.1) is 0 Å². The van der Waals surface area contributed by atoms with Gasteiger partial charge in [-0.3, -0.25) is 9.69 Å². The Bertz CT molecular complexity index is 1080. The summed E-state index contributed by atoms with van der Waals surface area (Å²) in [6.07, 6.45) is 1.08.